The highest BCUT2D eigenvalue weighted by Crippen LogP contribution is 2.25. The van der Waals surface area contributed by atoms with Gasteiger partial charge in [0.1, 0.15) is 12.4 Å². The van der Waals surface area contributed by atoms with Crippen molar-refractivity contribution in [1.82, 2.24) is 0 Å². The lowest BCUT2D eigenvalue weighted by molar-refractivity contribution is 0.0293. The summed E-state index contributed by atoms with van der Waals surface area (Å²) in [5.41, 5.74) is 1.43. The van der Waals surface area contributed by atoms with Crippen LogP contribution in [0.15, 0.2) is 53.0 Å². The first-order chi connectivity index (χ1) is 11.1. The molecule has 3 nitrogen and oxygen atoms in total. The van der Waals surface area contributed by atoms with Gasteiger partial charge in [0.15, 0.2) is 11.9 Å². The number of Topliss-reactive ketones (excluding diaryl/α,β-unsaturated/α-hetero) is 1. The number of carbonyl (C=O) groups is 1. The molecule has 2 aromatic carbocycles. The van der Waals surface area contributed by atoms with Gasteiger partial charge in [0.05, 0.1) is 18.8 Å². The number of ketones is 1. The summed E-state index contributed by atoms with van der Waals surface area (Å²) in [6.45, 7) is 1.26. The van der Waals surface area contributed by atoms with Crippen LogP contribution in [-0.4, -0.2) is 25.2 Å². The maximum absolute atomic E-state index is 13.2. The van der Waals surface area contributed by atoms with Crippen molar-refractivity contribution in [3.63, 3.8) is 0 Å². The molecule has 0 aliphatic rings. The molecule has 0 amide bonds. The van der Waals surface area contributed by atoms with Crippen LogP contribution in [0.5, 0.6) is 5.75 Å². The van der Waals surface area contributed by atoms with Gasteiger partial charge in [0.2, 0.25) is 0 Å². The summed E-state index contributed by atoms with van der Waals surface area (Å²) in [6, 6.07) is 14.7. The predicted octanol–water partition coefficient (Wildman–Crippen LogP) is 4.59. The highest BCUT2D eigenvalue weighted by molar-refractivity contribution is 9.10. The van der Waals surface area contributed by atoms with E-state index in [2.05, 4.69) is 15.9 Å². The Morgan fingerprint density at radius 1 is 1.22 bits per heavy atom. The molecule has 2 aromatic rings. The average Bonchev–Trinajstić information content (AvgIpc) is 2.56. The number of alkyl halides is 1. The van der Waals surface area contributed by atoms with Crippen LogP contribution in [0.4, 0.5) is 4.39 Å². The standard InChI is InChI=1S/C18H18BrFO3/c1-13(21)17-9-15(19)7-8-18(17)23-16(10-20)12-22-11-14-5-3-2-4-6-14/h2-9,16H,10-12H2,1H3. The fraction of sp³-hybridized carbons (Fsp3) is 0.278. The second-order valence-corrected chi connectivity index (χ2v) is 6.01. The first-order valence-electron chi connectivity index (χ1n) is 7.25. The second kappa shape index (κ2) is 8.79. The van der Waals surface area contributed by atoms with Crippen molar-refractivity contribution in [2.45, 2.75) is 19.6 Å². The molecule has 0 radical (unpaired) electrons. The van der Waals surface area contributed by atoms with Crippen molar-refractivity contribution in [2.24, 2.45) is 0 Å². The molecule has 0 heterocycles. The van der Waals surface area contributed by atoms with E-state index < -0.39 is 12.8 Å². The summed E-state index contributed by atoms with van der Waals surface area (Å²) < 4.78 is 25.1. The number of hydrogen-bond donors (Lipinski definition) is 0. The lowest BCUT2D eigenvalue weighted by atomic mass is 10.1. The molecule has 0 bridgehead atoms. The molecule has 5 heteroatoms. The fourth-order valence-electron chi connectivity index (χ4n) is 2.05. The van der Waals surface area contributed by atoms with E-state index in [0.29, 0.717) is 17.9 Å². The zero-order valence-corrected chi connectivity index (χ0v) is 14.4. The quantitative estimate of drug-likeness (QED) is 0.628. The van der Waals surface area contributed by atoms with E-state index in [-0.39, 0.29) is 12.4 Å². The highest BCUT2D eigenvalue weighted by Gasteiger charge is 2.16. The Morgan fingerprint density at radius 2 is 1.96 bits per heavy atom. The lowest BCUT2D eigenvalue weighted by Crippen LogP contribution is -2.26. The highest BCUT2D eigenvalue weighted by atomic mass is 79.9. The summed E-state index contributed by atoms with van der Waals surface area (Å²) in [5.74, 6) is 0.232. The molecule has 0 saturated carbocycles. The first kappa shape index (κ1) is 17.6. The number of carbonyl (C=O) groups excluding carboxylic acids is 1. The van der Waals surface area contributed by atoms with Gasteiger partial charge in [-0.1, -0.05) is 46.3 Å². The van der Waals surface area contributed by atoms with Crippen molar-refractivity contribution >= 4 is 21.7 Å². The van der Waals surface area contributed by atoms with Crippen LogP contribution in [0.25, 0.3) is 0 Å². The molecule has 0 aliphatic carbocycles. The zero-order chi connectivity index (χ0) is 16.7. The number of hydrogen-bond acceptors (Lipinski definition) is 3. The third-order valence-electron chi connectivity index (χ3n) is 3.20. The molecule has 1 unspecified atom stereocenters. The minimum absolute atomic E-state index is 0.110. The molecule has 0 fully saturated rings. The number of rotatable bonds is 8. The minimum atomic E-state index is -0.752. The zero-order valence-electron chi connectivity index (χ0n) is 12.8. The molecule has 0 spiro atoms. The van der Waals surface area contributed by atoms with E-state index in [1.807, 2.05) is 30.3 Å². The Morgan fingerprint density at radius 3 is 2.61 bits per heavy atom. The minimum Gasteiger partial charge on any atom is -0.485 e. The molecule has 1 atom stereocenters. The molecule has 0 aliphatic heterocycles. The van der Waals surface area contributed by atoms with Gasteiger partial charge in [0, 0.05) is 4.47 Å². The van der Waals surface area contributed by atoms with E-state index in [0.717, 1.165) is 10.0 Å². The van der Waals surface area contributed by atoms with Gasteiger partial charge >= 0.3 is 0 Å². The summed E-state index contributed by atoms with van der Waals surface area (Å²) in [5, 5.41) is 0. The Hall–Kier alpha value is -1.72. The van der Waals surface area contributed by atoms with E-state index in [1.165, 1.54) is 6.92 Å². The van der Waals surface area contributed by atoms with Crippen molar-refractivity contribution < 1.29 is 18.7 Å². The first-order valence-corrected chi connectivity index (χ1v) is 8.04. The average molecular weight is 381 g/mol. The molecule has 0 saturated heterocycles. The van der Waals surface area contributed by atoms with Crippen LogP contribution in [0, 0.1) is 0 Å². The van der Waals surface area contributed by atoms with E-state index in [4.69, 9.17) is 9.47 Å². The largest absolute Gasteiger partial charge is 0.485 e. The Bertz CT molecular complexity index is 646. The van der Waals surface area contributed by atoms with Crippen molar-refractivity contribution in [2.75, 3.05) is 13.3 Å². The van der Waals surface area contributed by atoms with Crippen molar-refractivity contribution in [1.29, 1.82) is 0 Å². The fourth-order valence-corrected chi connectivity index (χ4v) is 2.41. The van der Waals surface area contributed by atoms with E-state index in [9.17, 15) is 9.18 Å². The van der Waals surface area contributed by atoms with Crippen LogP contribution in [0.3, 0.4) is 0 Å². The van der Waals surface area contributed by atoms with Gasteiger partial charge in [-0.05, 0) is 30.7 Å². The molecule has 0 aromatic heterocycles. The van der Waals surface area contributed by atoms with E-state index >= 15 is 0 Å². The SMILES string of the molecule is CC(=O)c1cc(Br)ccc1OC(CF)COCc1ccccc1. The van der Waals surface area contributed by atoms with Crippen LogP contribution in [0.1, 0.15) is 22.8 Å². The molecule has 0 N–H and O–H groups in total. The van der Waals surface area contributed by atoms with Crippen LogP contribution in [-0.2, 0) is 11.3 Å². The van der Waals surface area contributed by atoms with E-state index in [1.54, 1.807) is 18.2 Å². The summed E-state index contributed by atoms with van der Waals surface area (Å²) in [4.78, 5) is 11.7. The Kier molecular flexibility index (Phi) is 6.74. The molecule has 23 heavy (non-hydrogen) atoms. The lowest BCUT2D eigenvalue weighted by Gasteiger charge is -2.18. The van der Waals surface area contributed by atoms with Gasteiger partial charge in [-0.25, -0.2) is 4.39 Å². The summed E-state index contributed by atoms with van der Waals surface area (Å²) in [6.07, 6.45) is -0.752. The van der Waals surface area contributed by atoms with Crippen molar-refractivity contribution in [3.8, 4) is 5.75 Å². The topological polar surface area (TPSA) is 35.5 Å². The van der Waals surface area contributed by atoms with Gasteiger partial charge in [-0.2, -0.15) is 0 Å². The molecular formula is C18H18BrFO3. The van der Waals surface area contributed by atoms with Crippen molar-refractivity contribution in [3.05, 3.63) is 64.1 Å². The van der Waals surface area contributed by atoms with Crippen LogP contribution >= 0.6 is 15.9 Å². The number of ether oxygens (including phenoxy) is 2. The Balaban J connectivity index is 1.95. The summed E-state index contributed by atoms with van der Waals surface area (Å²) in [7, 11) is 0. The van der Waals surface area contributed by atoms with Crippen LogP contribution < -0.4 is 4.74 Å². The van der Waals surface area contributed by atoms with Gasteiger partial charge in [0.25, 0.3) is 0 Å². The van der Waals surface area contributed by atoms with Gasteiger partial charge in [-0.15, -0.1) is 0 Å². The Labute approximate surface area is 143 Å². The normalized spacial score (nSPS) is 12.0. The monoisotopic (exact) mass is 380 g/mol. The number of halogens is 2. The summed E-state index contributed by atoms with van der Waals surface area (Å²) >= 11 is 3.31. The second-order valence-electron chi connectivity index (χ2n) is 5.09. The van der Waals surface area contributed by atoms with Gasteiger partial charge in [-0.3, -0.25) is 4.79 Å². The number of benzene rings is 2. The predicted molar refractivity (Wildman–Crippen MR) is 90.6 cm³/mol. The molecular weight excluding hydrogens is 363 g/mol. The maximum atomic E-state index is 13.2. The smallest absolute Gasteiger partial charge is 0.163 e. The molecule has 2 rings (SSSR count). The molecule has 122 valence electrons. The third-order valence-corrected chi connectivity index (χ3v) is 3.70. The third kappa shape index (κ3) is 5.44. The van der Waals surface area contributed by atoms with Gasteiger partial charge < -0.3 is 9.47 Å². The van der Waals surface area contributed by atoms with Crippen LogP contribution in [0.2, 0.25) is 0 Å². The maximum Gasteiger partial charge on any atom is 0.163 e.